The number of hydrogen-bond acceptors (Lipinski definition) is 4. The molecule has 1 saturated carbocycles. The summed E-state index contributed by atoms with van der Waals surface area (Å²) in [6.07, 6.45) is 5.22. The van der Waals surface area contributed by atoms with Crippen molar-refractivity contribution in [2.45, 2.75) is 70.7 Å². The molecule has 112 valence electrons. The third kappa shape index (κ3) is 3.30. The predicted octanol–water partition coefficient (Wildman–Crippen LogP) is 1.36. The summed E-state index contributed by atoms with van der Waals surface area (Å²) in [6, 6.07) is 0.487. The Kier molecular flexibility index (Phi) is 4.88. The fourth-order valence-electron chi connectivity index (χ4n) is 3.54. The minimum Gasteiger partial charge on any atom is -0.395 e. The minimum absolute atomic E-state index is 0.00979. The smallest absolute Gasteiger partial charge is 0.0731 e. The number of nitrogens with zero attached hydrogens (tertiary/aromatic N) is 1. The molecule has 0 aromatic carbocycles. The SMILES string of the molecule is CC(C)(C)C(N)C(CO)N1CCOC2CCCCC21. The van der Waals surface area contributed by atoms with E-state index in [2.05, 4.69) is 25.7 Å². The van der Waals surface area contributed by atoms with Gasteiger partial charge in [-0.2, -0.15) is 0 Å². The highest BCUT2D eigenvalue weighted by atomic mass is 16.5. The van der Waals surface area contributed by atoms with Gasteiger partial charge in [0.1, 0.15) is 0 Å². The predicted molar refractivity (Wildman–Crippen MR) is 77.0 cm³/mol. The second-order valence-electron chi connectivity index (χ2n) is 7.14. The maximum atomic E-state index is 9.84. The highest BCUT2D eigenvalue weighted by Gasteiger charge is 2.41. The van der Waals surface area contributed by atoms with E-state index >= 15 is 0 Å². The Balaban J connectivity index is 2.12. The van der Waals surface area contributed by atoms with Gasteiger partial charge in [0.2, 0.25) is 0 Å². The van der Waals surface area contributed by atoms with Crippen LogP contribution < -0.4 is 5.73 Å². The van der Waals surface area contributed by atoms with E-state index in [4.69, 9.17) is 10.5 Å². The van der Waals surface area contributed by atoms with Crippen LogP contribution in [0.15, 0.2) is 0 Å². The van der Waals surface area contributed by atoms with Crippen molar-refractivity contribution in [1.82, 2.24) is 4.90 Å². The van der Waals surface area contributed by atoms with Crippen LogP contribution in [-0.2, 0) is 4.74 Å². The van der Waals surface area contributed by atoms with Gasteiger partial charge in [0.15, 0.2) is 0 Å². The average Bonchev–Trinajstić information content (AvgIpc) is 2.38. The lowest BCUT2D eigenvalue weighted by molar-refractivity contribution is -0.115. The molecule has 2 aliphatic rings. The lowest BCUT2D eigenvalue weighted by atomic mass is 9.80. The minimum atomic E-state index is -0.0156. The fraction of sp³-hybridized carbons (Fsp3) is 1.00. The van der Waals surface area contributed by atoms with Gasteiger partial charge in [0.25, 0.3) is 0 Å². The molecular weight excluding hydrogens is 240 g/mol. The van der Waals surface area contributed by atoms with Gasteiger partial charge in [0.05, 0.1) is 19.3 Å². The first-order valence-corrected chi connectivity index (χ1v) is 7.69. The molecule has 1 aliphatic carbocycles. The molecule has 1 heterocycles. The molecule has 0 aromatic heterocycles. The molecule has 0 radical (unpaired) electrons. The Morgan fingerprint density at radius 1 is 1.32 bits per heavy atom. The lowest BCUT2D eigenvalue weighted by Gasteiger charge is -2.50. The summed E-state index contributed by atoms with van der Waals surface area (Å²) in [7, 11) is 0. The highest BCUT2D eigenvalue weighted by molar-refractivity contribution is 4.96. The van der Waals surface area contributed by atoms with Crippen molar-refractivity contribution in [2.75, 3.05) is 19.8 Å². The largest absolute Gasteiger partial charge is 0.395 e. The van der Waals surface area contributed by atoms with Crippen LogP contribution in [0.4, 0.5) is 0 Å². The van der Waals surface area contributed by atoms with Crippen LogP contribution >= 0.6 is 0 Å². The van der Waals surface area contributed by atoms with Crippen LogP contribution in [-0.4, -0.2) is 54.0 Å². The summed E-state index contributed by atoms with van der Waals surface area (Å²) < 4.78 is 5.91. The van der Waals surface area contributed by atoms with Crippen LogP contribution in [0.3, 0.4) is 0 Å². The van der Waals surface area contributed by atoms with Crippen LogP contribution in [0.2, 0.25) is 0 Å². The van der Waals surface area contributed by atoms with Gasteiger partial charge in [0, 0.05) is 24.7 Å². The molecular formula is C15H30N2O2. The van der Waals surface area contributed by atoms with Crippen molar-refractivity contribution in [1.29, 1.82) is 0 Å². The number of morpholine rings is 1. The standard InChI is InChI=1S/C15H30N2O2/c1-15(2,3)14(16)12(10-18)17-8-9-19-13-7-5-4-6-11(13)17/h11-14,18H,4-10,16H2,1-3H3. The summed E-state index contributed by atoms with van der Waals surface area (Å²) >= 11 is 0. The first-order valence-electron chi connectivity index (χ1n) is 7.69. The van der Waals surface area contributed by atoms with E-state index in [9.17, 15) is 5.11 Å². The van der Waals surface area contributed by atoms with E-state index in [0.717, 1.165) is 19.6 Å². The molecule has 0 bridgehead atoms. The van der Waals surface area contributed by atoms with Crippen LogP contribution in [0.1, 0.15) is 46.5 Å². The molecule has 1 saturated heterocycles. The fourth-order valence-corrected chi connectivity index (χ4v) is 3.54. The molecule has 4 heteroatoms. The number of fused-ring (bicyclic) bond motifs is 1. The van der Waals surface area contributed by atoms with E-state index in [1.54, 1.807) is 0 Å². The zero-order valence-corrected chi connectivity index (χ0v) is 12.6. The summed E-state index contributed by atoms with van der Waals surface area (Å²) in [4.78, 5) is 2.43. The second-order valence-corrected chi connectivity index (χ2v) is 7.14. The molecule has 4 nitrogen and oxygen atoms in total. The number of ether oxygens (including phenoxy) is 1. The van der Waals surface area contributed by atoms with Gasteiger partial charge in [-0.05, 0) is 18.3 Å². The lowest BCUT2D eigenvalue weighted by Crippen LogP contribution is -2.63. The monoisotopic (exact) mass is 270 g/mol. The number of rotatable bonds is 3. The molecule has 0 amide bonds. The third-order valence-corrected chi connectivity index (χ3v) is 4.80. The van der Waals surface area contributed by atoms with E-state index in [0.29, 0.717) is 12.1 Å². The Morgan fingerprint density at radius 2 is 2.00 bits per heavy atom. The summed E-state index contributed by atoms with van der Waals surface area (Å²) in [5.74, 6) is 0. The van der Waals surface area contributed by atoms with Crippen molar-refractivity contribution >= 4 is 0 Å². The first-order chi connectivity index (χ1) is 8.95. The van der Waals surface area contributed by atoms with Crippen molar-refractivity contribution in [3.63, 3.8) is 0 Å². The Labute approximate surface area is 117 Å². The van der Waals surface area contributed by atoms with Crippen molar-refractivity contribution < 1.29 is 9.84 Å². The molecule has 19 heavy (non-hydrogen) atoms. The molecule has 2 fully saturated rings. The first kappa shape index (κ1) is 15.2. The molecule has 0 spiro atoms. The number of aliphatic hydroxyl groups is 1. The second kappa shape index (κ2) is 6.08. The number of nitrogens with two attached hydrogens (primary N) is 1. The van der Waals surface area contributed by atoms with Crippen molar-refractivity contribution in [2.24, 2.45) is 11.1 Å². The molecule has 2 rings (SSSR count). The molecule has 0 aromatic rings. The Bertz CT molecular complexity index is 288. The Hall–Kier alpha value is -0.160. The molecule has 1 aliphatic heterocycles. The Morgan fingerprint density at radius 3 is 2.63 bits per heavy atom. The van der Waals surface area contributed by atoms with E-state index < -0.39 is 0 Å². The summed E-state index contributed by atoms with van der Waals surface area (Å²) in [6.45, 7) is 8.27. The van der Waals surface area contributed by atoms with Gasteiger partial charge in [-0.15, -0.1) is 0 Å². The van der Waals surface area contributed by atoms with E-state index in [-0.39, 0.29) is 24.1 Å². The molecule has 4 atom stereocenters. The number of aliphatic hydroxyl groups excluding tert-OH is 1. The zero-order chi connectivity index (χ0) is 14.0. The van der Waals surface area contributed by atoms with Gasteiger partial charge in [-0.1, -0.05) is 33.6 Å². The van der Waals surface area contributed by atoms with Crippen molar-refractivity contribution in [3.8, 4) is 0 Å². The van der Waals surface area contributed by atoms with Gasteiger partial charge in [-0.25, -0.2) is 0 Å². The molecule has 3 N–H and O–H groups in total. The quantitative estimate of drug-likeness (QED) is 0.813. The molecule has 4 unspecified atom stereocenters. The third-order valence-electron chi connectivity index (χ3n) is 4.80. The van der Waals surface area contributed by atoms with Gasteiger partial charge in [-0.3, -0.25) is 4.90 Å². The zero-order valence-electron chi connectivity index (χ0n) is 12.6. The maximum absolute atomic E-state index is 9.84. The van der Waals surface area contributed by atoms with Crippen LogP contribution in [0.5, 0.6) is 0 Å². The number of hydrogen-bond donors (Lipinski definition) is 2. The normalized spacial score (nSPS) is 32.7. The topological polar surface area (TPSA) is 58.7 Å². The van der Waals surface area contributed by atoms with E-state index in [1.165, 1.54) is 19.3 Å². The van der Waals surface area contributed by atoms with Crippen LogP contribution in [0, 0.1) is 5.41 Å². The summed E-state index contributed by atoms with van der Waals surface area (Å²) in [5, 5.41) is 9.84. The average molecular weight is 270 g/mol. The summed E-state index contributed by atoms with van der Waals surface area (Å²) in [5.41, 5.74) is 6.43. The van der Waals surface area contributed by atoms with Crippen molar-refractivity contribution in [3.05, 3.63) is 0 Å². The van der Waals surface area contributed by atoms with E-state index in [1.807, 2.05) is 0 Å². The van der Waals surface area contributed by atoms with Crippen LogP contribution in [0.25, 0.3) is 0 Å². The van der Waals surface area contributed by atoms with Gasteiger partial charge >= 0.3 is 0 Å². The maximum Gasteiger partial charge on any atom is 0.0731 e. The highest BCUT2D eigenvalue weighted by Crippen LogP contribution is 2.32. The van der Waals surface area contributed by atoms with Gasteiger partial charge < -0.3 is 15.6 Å².